The predicted octanol–water partition coefficient (Wildman–Crippen LogP) is 2.83. The van der Waals surface area contributed by atoms with Crippen LogP contribution in [-0.4, -0.2) is 24.0 Å². The van der Waals surface area contributed by atoms with E-state index in [1.165, 1.54) is 0 Å². The Morgan fingerprint density at radius 1 is 1.56 bits per heavy atom. The fraction of sp³-hybridized carbons (Fsp3) is 0.714. The van der Waals surface area contributed by atoms with Crippen LogP contribution in [-0.2, 0) is 9.53 Å². The number of ether oxygens (including phenoxy) is 1. The molecular weight excluding hydrogens is 230 g/mol. The average Bonchev–Trinajstić information content (AvgIpc) is 2.56. The molecule has 1 N–H and O–H groups in total. The molecule has 0 spiro atoms. The SMILES string of the molecule is C=CC[C@@]1(CNC(=O)OC(C)(C)C)CCCC1=O. The van der Waals surface area contributed by atoms with Crippen LogP contribution < -0.4 is 5.32 Å². The maximum absolute atomic E-state index is 11.9. The molecular formula is C14H23NO3. The Balaban J connectivity index is 2.56. The van der Waals surface area contributed by atoms with Gasteiger partial charge in [0.2, 0.25) is 0 Å². The lowest BCUT2D eigenvalue weighted by Gasteiger charge is -2.27. The molecule has 0 aliphatic heterocycles. The molecule has 1 aliphatic carbocycles. The van der Waals surface area contributed by atoms with Crippen molar-refractivity contribution in [1.82, 2.24) is 5.32 Å². The first-order valence-corrected chi connectivity index (χ1v) is 6.40. The quantitative estimate of drug-likeness (QED) is 0.784. The monoisotopic (exact) mass is 253 g/mol. The Bertz CT molecular complexity index is 343. The number of allylic oxidation sites excluding steroid dienone is 1. The second-order valence-corrected chi connectivity index (χ2v) is 5.91. The zero-order valence-electron chi connectivity index (χ0n) is 11.5. The molecule has 4 nitrogen and oxygen atoms in total. The van der Waals surface area contributed by atoms with E-state index in [2.05, 4.69) is 11.9 Å². The summed E-state index contributed by atoms with van der Waals surface area (Å²) in [4.78, 5) is 23.5. The molecule has 0 saturated heterocycles. The van der Waals surface area contributed by atoms with Gasteiger partial charge in [-0.25, -0.2) is 4.79 Å². The highest BCUT2D eigenvalue weighted by Crippen LogP contribution is 2.37. The van der Waals surface area contributed by atoms with Gasteiger partial charge in [0.05, 0.1) is 0 Å². The number of amides is 1. The Morgan fingerprint density at radius 2 is 2.22 bits per heavy atom. The zero-order valence-corrected chi connectivity index (χ0v) is 11.5. The summed E-state index contributed by atoms with van der Waals surface area (Å²) in [7, 11) is 0. The Labute approximate surface area is 109 Å². The summed E-state index contributed by atoms with van der Waals surface area (Å²) in [5.74, 6) is 0.221. The summed E-state index contributed by atoms with van der Waals surface area (Å²) in [5.41, 5.74) is -0.978. The van der Waals surface area contributed by atoms with Gasteiger partial charge in [-0.1, -0.05) is 6.08 Å². The summed E-state index contributed by atoms with van der Waals surface area (Å²) in [5, 5.41) is 2.71. The third kappa shape index (κ3) is 3.86. The van der Waals surface area contributed by atoms with Gasteiger partial charge in [0.1, 0.15) is 11.4 Å². The van der Waals surface area contributed by atoms with Gasteiger partial charge in [-0.2, -0.15) is 0 Å². The second-order valence-electron chi connectivity index (χ2n) is 5.91. The number of carbonyl (C=O) groups is 2. The first-order valence-electron chi connectivity index (χ1n) is 6.40. The summed E-state index contributed by atoms with van der Waals surface area (Å²) in [6.45, 7) is 9.47. The minimum absolute atomic E-state index is 0.221. The van der Waals surface area contributed by atoms with Crippen molar-refractivity contribution < 1.29 is 14.3 Å². The molecule has 1 atom stereocenters. The van der Waals surface area contributed by atoms with Gasteiger partial charge in [0, 0.05) is 18.4 Å². The van der Waals surface area contributed by atoms with Gasteiger partial charge >= 0.3 is 6.09 Å². The van der Waals surface area contributed by atoms with Crippen LogP contribution in [0.5, 0.6) is 0 Å². The van der Waals surface area contributed by atoms with E-state index in [4.69, 9.17) is 4.74 Å². The van der Waals surface area contributed by atoms with Crippen LogP contribution in [0.4, 0.5) is 4.79 Å². The van der Waals surface area contributed by atoms with Crippen LogP contribution >= 0.6 is 0 Å². The molecule has 0 aromatic heterocycles. The molecule has 0 unspecified atom stereocenters. The molecule has 1 saturated carbocycles. The van der Waals surface area contributed by atoms with Crippen molar-refractivity contribution in [2.75, 3.05) is 6.54 Å². The van der Waals surface area contributed by atoms with Crippen molar-refractivity contribution in [1.29, 1.82) is 0 Å². The van der Waals surface area contributed by atoms with E-state index in [0.717, 1.165) is 12.8 Å². The third-order valence-corrected chi connectivity index (χ3v) is 3.16. The number of nitrogens with one attached hydrogen (secondary N) is 1. The van der Waals surface area contributed by atoms with Crippen LogP contribution in [0.3, 0.4) is 0 Å². The largest absolute Gasteiger partial charge is 0.444 e. The Kier molecular flexibility index (Phi) is 4.54. The van der Waals surface area contributed by atoms with E-state index in [1.807, 2.05) is 20.8 Å². The van der Waals surface area contributed by atoms with Crippen molar-refractivity contribution in [2.45, 2.75) is 52.1 Å². The minimum atomic E-state index is -0.518. The number of hydrogen-bond acceptors (Lipinski definition) is 3. The Hall–Kier alpha value is -1.32. The first-order chi connectivity index (χ1) is 8.29. The van der Waals surface area contributed by atoms with E-state index in [9.17, 15) is 9.59 Å². The number of carbonyl (C=O) groups excluding carboxylic acids is 2. The highest BCUT2D eigenvalue weighted by atomic mass is 16.6. The van der Waals surface area contributed by atoms with E-state index in [0.29, 0.717) is 19.4 Å². The maximum atomic E-state index is 11.9. The topological polar surface area (TPSA) is 55.4 Å². The molecule has 1 amide bonds. The van der Waals surface area contributed by atoms with E-state index in [1.54, 1.807) is 6.08 Å². The van der Waals surface area contributed by atoms with Gasteiger partial charge in [-0.15, -0.1) is 6.58 Å². The molecule has 0 aromatic rings. The normalized spacial score (nSPS) is 23.8. The smallest absolute Gasteiger partial charge is 0.407 e. The van der Waals surface area contributed by atoms with Crippen molar-refractivity contribution in [3.8, 4) is 0 Å². The van der Waals surface area contributed by atoms with Crippen molar-refractivity contribution in [3.05, 3.63) is 12.7 Å². The standard InChI is InChI=1S/C14H23NO3/c1-5-8-14(9-6-7-11(14)16)10-15-12(17)18-13(2,3)4/h5H,1,6-10H2,2-4H3,(H,15,17)/t14-/m0/s1. The van der Waals surface area contributed by atoms with Crippen LogP contribution in [0.1, 0.15) is 46.5 Å². The molecule has 1 aliphatic rings. The summed E-state index contributed by atoms with van der Waals surface area (Å²) in [6.07, 6.45) is 4.20. The lowest BCUT2D eigenvalue weighted by molar-refractivity contribution is -0.125. The fourth-order valence-electron chi connectivity index (χ4n) is 2.30. The van der Waals surface area contributed by atoms with E-state index >= 15 is 0 Å². The summed E-state index contributed by atoms with van der Waals surface area (Å²) in [6, 6.07) is 0. The predicted molar refractivity (Wildman–Crippen MR) is 70.3 cm³/mol. The third-order valence-electron chi connectivity index (χ3n) is 3.16. The number of ketones is 1. The number of Topliss-reactive ketones (excluding diaryl/α,β-unsaturated/α-hetero) is 1. The van der Waals surface area contributed by atoms with E-state index < -0.39 is 17.1 Å². The van der Waals surface area contributed by atoms with Gasteiger partial charge in [0.25, 0.3) is 0 Å². The summed E-state index contributed by atoms with van der Waals surface area (Å²) >= 11 is 0. The highest BCUT2D eigenvalue weighted by Gasteiger charge is 2.41. The zero-order chi connectivity index (χ0) is 13.8. The van der Waals surface area contributed by atoms with Gasteiger partial charge < -0.3 is 10.1 Å². The fourth-order valence-corrected chi connectivity index (χ4v) is 2.30. The van der Waals surface area contributed by atoms with Crippen molar-refractivity contribution >= 4 is 11.9 Å². The van der Waals surface area contributed by atoms with Gasteiger partial charge in [-0.05, 0) is 40.0 Å². The van der Waals surface area contributed by atoms with Gasteiger partial charge in [0.15, 0.2) is 0 Å². The number of hydrogen-bond donors (Lipinski definition) is 1. The lowest BCUT2D eigenvalue weighted by Crippen LogP contribution is -2.42. The highest BCUT2D eigenvalue weighted by molar-refractivity contribution is 5.87. The average molecular weight is 253 g/mol. The second kappa shape index (κ2) is 5.55. The van der Waals surface area contributed by atoms with Crippen LogP contribution in [0.15, 0.2) is 12.7 Å². The van der Waals surface area contributed by atoms with Crippen LogP contribution in [0.25, 0.3) is 0 Å². The van der Waals surface area contributed by atoms with Gasteiger partial charge in [-0.3, -0.25) is 4.79 Å². The molecule has 18 heavy (non-hydrogen) atoms. The molecule has 1 rings (SSSR count). The Morgan fingerprint density at radius 3 is 2.67 bits per heavy atom. The van der Waals surface area contributed by atoms with Crippen LogP contribution in [0, 0.1) is 5.41 Å². The molecule has 1 fully saturated rings. The number of rotatable bonds is 4. The van der Waals surface area contributed by atoms with E-state index in [-0.39, 0.29) is 5.78 Å². The maximum Gasteiger partial charge on any atom is 0.407 e. The first kappa shape index (κ1) is 14.7. The van der Waals surface area contributed by atoms with Crippen LogP contribution in [0.2, 0.25) is 0 Å². The molecule has 4 heteroatoms. The molecule has 0 radical (unpaired) electrons. The number of alkyl carbamates (subject to hydrolysis) is 1. The van der Waals surface area contributed by atoms with Crippen molar-refractivity contribution in [3.63, 3.8) is 0 Å². The lowest BCUT2D eigenvalue weighted by atomic mass is 9.82. The molecule has 0 bridgehead atoms. The van der Waals surface area contributed by atoms with Crippen molar-refractivity contribution in [2.24, 2.45) is 5.41 Å². The molecule has 102 valence electrons. The molecule has 0 aromatic carbocycles. The molecule has 0 heterocycles. The summed E-state index contributed by atoms with van der Waals surface area (Å²) < 4.78 is 5.17. The minimum Gasteiger partial charge on any atom is -0.444 e.